The van der Waals surface area contributed by atoms with E-state index >= 15 is 0 Å². The van der Waals surface area contributed by atoms with Gasteiger partial charge >= 0.3 is 5.97 Å². The van der Waals surface area contributed by atoms with E-state index in [-0.39, 0.29) is 6.42 Å². The average molecular weight is 516 g/mol. The van der Waals surface area contributed by atoms with Crippen LogP contribution in [0.5, 0.6) is 0 Å². The van der Waals surface area contributed by atoms with E-state index < -0.39 is 17.9 Å². The fraction of sp³-hybridized carbons (Fsp3) is 0.286. The number of carbonyl (C=O) groups is 2. The second kappa shape index (κ2) is 10.8. The molecule has 0 aliphatic heterocycles. The summed E-state index contributed by atoms with van der Waals surface area (Å²) in [6.07, 6.45) is 9.15. The minimum atomic E-state index is -1.12. The number of benzene rings is 2. The number of carboxylic acids is 1. The molecule has 1 fully saturated rings. The van der Waals surface area contributed by atoms with Gasteiger partial charge in [-0.05, 0) is 54.8 Å². The topological polar surface area (TPSA) is 163 Å². The smallest absolute Gasteiger partial charge is 0.326 e. The highest BCUT2D eigenvalue weighted by Crippen LogP contribution is 2.36. The van der Waals surface area contributed by atoms with Gasteiger partial charge in [0, 0.05) is 18.0 Å². The fourth-order valence-corrected chi connectivity index (χ4v) is 5.13. The first-order valence-corrected chi connectivity index (χ1v) is 12.7. The molecule has 1 aliphatic rings. The monoisotopic (exact) mass is 515 g/mol. The predicted octanol–water partition coefficient (Wildman–Crippen LogP) is 1.89. The van der Waals surface area contributed by atoms with Crippen molar-refractivity contribution in [1.29, 1.82) is 0 Å². The van der Waals surface area contributed by atoms with Crippen LogP contribution in [0.3, 0.4) is 0 Å². The van der Waals surface area contributed by atoms with Crippen molar-refractivity contribution in [2.24, 2.45) is 11.6 Å². The molecule has 7 N–H and O–H groups in total. The van der Waals surface area contributed by atoms with Crippen molar-refractivity contribution >= 4 is 28.7 Å². The third-order valence-corrected chi connectivity index (χ3v) is 7.13. The molecule has 4 aromatic rings. The Bertz CT molecular complexity index is 1470. The van der Waals surface area contributed by atoms with Gasteiger partial charge in [0.05, 0.1) is 28.4 Å². The summed E-state index contributed by atoms with van der Waals surface area (Å²) in [5.74, 6) is 4.85. The van der Waals surface area contributed by atoms with E-state index in [0.717, 1.165) is 35.3 Å². The number of rotatable bonds is 8. The maximum absolute atomic E-state index is 13.1. The number of aromatic nitrogens is 2. The van der Waals surface area contributed by atoms with Crippen LogP contribution in [0.4, 0.5) is 0 Å². The summed E-state index contributed by atoms with van der Waals surface area (Å²) in [5, 5.41) is 14.8. The SMILES string of the molecule is N/[NH+]=C(\N)c1ccc(C[C@H](NC(=O)c2ccc3c(c2)nc(-c2ccoc2)n3C2CCCCC2)C(=O)O)cc1. The van der Waals surface area contributed by atoms with Gasteiger partial charge in [0.25, 0.3) is 11.7 Å². The van der Waals surface area contributed by atoms with E-state index in [9.17, 15) is 14.7 Å². The van der Waals surface area contributed by atoms with Crippen LogP contribution in [0.15, 0.2) is 65.5 Å². The van der Waals surface area contributed by atoms with Gasteiger partial charge in [-0.15, -0.1) is 0 Å². The Morgan fingerprint density at radius 3 is 2.50 bits per heavy atom. The molecule has 10 heteroatoms. The Kier molecular flexibility index (Phi) is 7.12. The number of carboxylic acid groups (broad SMARTS) is 1. The average Bonchev–Trinajstić information content (AvgIpc) is 3.61. The first-order valence-electron chi connectivity index (χ1n) is 12.7. The van der Waals surface area contributed by atoms with E-state index in [0.29, 0.717) is 28.5 Å². The Morgan fingerprint density at radius 1 is 1.11 bits per heavy atom. The molecule has 0 saturated heterocycles. The first-order chi connectivity index (χ1) is 18.4. The molecule has 1 saturated carbocycles. The summed E-state index contributed by atoms with van der Waals surface area (Å²) in [6, 6.07) is 13.4. The largest absolute Gasteiger partial charge is 0.480 e. The predicted molar refractivity (Wildman–Crippen MR) is 142 cm³/mol. The third kappa shape index (κ3) is 5.10. The number of hydrazone groups is 1. The molecular formula is C28H31N6O4+. The van der Waals surface area contributed by atoms with E-state index in [1.807, 2.05) is 12.1 Å². The van der Waals surface area contributed by atoms with Gasteiger partial charge in [0.2, 0.25) is 0 Å². The van der Waals surface area contributed by atoms with Gasteiger partial charge in [-0.2, -0.15) is 5.10 Å². The highest BCUT2D eigenvalue weighted by atomic mass is 16.4. The molecule has 5 rings (SSSR count). The molecule has 1 amide bonds. The van der Waals surface area contributed by atoms with E-state index in [1.54, 1.807) is 48.9 Å². The number of nitrogen functional groups attached to an aromatic ring is 1. The van der Waals surface area contributed by atoms with Crippen LogP contribution in [0.1, 0.15) is 59.6 Å². The number of hydrogen-bond acceptors (Lipinski definition) is 5. The molecule has 0 bridgehead atoms. The van der Waals surface area contributed by atoms with Crippen molar-refractivity contribution in [2.45, 2.75) is 50.6 Å². The number of hydrazine groups is 1. The first kappa shape index (κ1) is 25.1. The Hall–Kier alpha value is -4.60. The van der Waals surface area contributed by atoms with Crippen molar-refractivity contribution in [3.8, 4) is 11.4 Å². The Balaban J connectivity index is 1.39. The number of nitrogens with one attached hydrogen (secondary N) is 2. The zero-order valence-corrected chi connectivity index (χ0v) is 20.9. The summed E-state index contributed by atoms with van der Waals surface area (Å²) >= 11 is 0. The van der Waals surface area contributed by atoms with Crippen molar-refractivity contribution in [3.63, 3.8) is 0 Å². The van der Waals surface area contributed by atoms with Gasteiger partial charge in [-0.3, -0.25) is 16.4 Å². The van der Waals surface area contributed by atoms with Crippen LogP contribution < -0.4 is 22.0 Å². The van der Waals surface area contributed by atoms with E-state index in [1.165, 1.54) is 19.3 Å². The number of hydrogen-bond donors (Lipinski definition) is 5. The summed E-state index contributed by atoms with van der Waals surface area (Å²) in [5.41, 5.74) is 10.0. The lowest BCUT2D eigenvalue weighted by Crippen LogP contribution is -2.82. The highest BCUT2D eigenvalue weighted by molar-refractivity contribution is 5.99. The maximum Gasteiger partial charge on any atom is 0.326 e. The number of nitrogens with zero attached hydrogens (tertiary/aromatic N) is 2. The fourth-order valence-electron chi connectivity index (χ4n) is 5.13. The van der Waals surface area contributed by atoms with Gasteiger partial charge in [0.1, 0.15) is 18.1 Å². The van der Waals surface area contributed by atoms with Crippen LogP contribution in [-0.2, 0) is 11.2 Å². The molecule has 2 aromatic heterocycles. The molecule has 1 atom stereocenters. The minimum absolute atomic E-state index is 0.112. The zero-order valence-electron chi connectivity index (χ0n) is 20.9. The van der Waals surface area contributed by atoms with E-state index in [4.69, 9.17) is 21.0 Å². The maximum atomic E-state index is 13.1. The van der Waals surface area contributed by atoms with Crippen molar-refractivity contribution in [1.82, 2.24) is 14.9 Å². The number of amidine groups is 1. The quantitative estimate of drug-likeness (QED) is 0.103. The number of aliphatic carboxylic acids is 1. The van der Waals surface area contributed by atoms with Crippen LogP contribution in [-0.4, -0.2) is 38.4 Å². The number of imidazole rings is 1. The van der Waals surface area contributed by atoms with Crippen LogP contribution in [0, 0.1) is 0 Å². The molecule has 0 unspecified atom stereocenters. The molecule has 2 aromatic carbocycles. The molecule has 196 valence electrons. The number of fused-ring (bicyclic) bond motifs is 1. The highest BCUT2D eigenvalue weighted by Gasteiger charge is 2.25. The second-order valence-electron chi connectivity index (χ2n) is 9.64. The minimum Gasteiger partial charge on any atom is -0.480 e. The molecule has 38 heavy (non-hydrogen) atoms. The molecule has 10 nitrogen and oxygen atoms in total. The van der Waals surface area contributed by atoms with Crippen LogP contribution in [0.25, 0.3) is 22.4 Å². The van der Waals surface area contributed by atoms with Gasteiger partial charge in [-0.25, -0.2) is 9.78 Å². The third-order valence-electron chi connectivity index (χ3n) is 7.13. The molecule has 0 radical (unpaired) electrons. The van der Waals surface area contributed by atoms with Gasteiger partial charge < -0.3 is 19.4 Å². The van der Waals surface area contributed by atoms with Crippen LogP contribution >= 0.6 is 0 Å². The summed E-state index contributed by atoms with van der Waals surface area (Å²) in [4.78, 5) is 30.0. The van der Waals surface area contributed by atoms with Crippen molar-refractivity contribution < 1.29 is 24.2 Å². The number of amides is 1. The lowest BCUT2D eigenvalue weighted by molar-refractivity contribution is -0.469. The van der Waals surface area contributed by atoms with Crippen LogP contribution in [0.2, 0.25) is 0 Å². The molecule has 0 spiro atoms. The molecule has 2 heterocycles. The molecular weight excluding hydrogens is 484 g/mol. The second-order valence-corrected chi connectivity index (χ2v) is 9.64. The summed E-state index contributed by atoms with van der Waals surface area (Å²) < 4.78 is 7.58. The lowest BCUT2D eigenvalue weighted by atomic mass is 9.95. The number of furan rings is 1. The van der Waals surface area contributed by atoms with Gasteiger partial charge in [-0.1, -0.05) is 31.4 Å². The molecule has 1 aliphatic carbocycles. The normalized spacial score (nSPS) is 15.4. The van der Waals surface area contributed by atoms with E-state index in [2.05, 4.69) is 15.0 Å². The zero-order chi connectivity index (χ0) is 26.6. The van der Waals surface area contributed by atoms with Crippen molar-refractivity contribution in [2.75, 3.05) is 0 Å². The Morgan fingerprint density at radius 2 is 1.84 bits per heavy atom. The van der Waals surface area contributed by atoms with Gasteiger partial charge in [0.15, 0.2) is 0 Å². The summed E-state index contributed by atoms with van der Waals surface area (Å²) in [7, 11) is 0. The number of nitrogens with two attached hydrogens (primary N) is 2. The lowest BCUT2D eigenvalue weighted by Gasteiger charge is -2.25. The van der Waals surface area contributed by atoms with Crippen molar-refractivity contribution in [3.05, 3.63) is 77.7 Å². The Labute approximate surface area is 219 Å². The summed E-state index contributed by atoms with van der Waals surface area (Å²) in [6.45, 7) is 0. The number of carbonyl (C=O) groups excluding carboxylic acids is 1. The standard InChI is InChI=1S/C28H30N6O4/c29-25(33-30)18-8-6-17(7-9-18)14-23(28(36)37)32-27(35)19-10-11-24-22(15-19)31-26(20-12-13-38-16-20)34(24)21-4-2-1-3-5-21/h6-13,15-16,21,23H,1-5,14,30H2,(H2,29,33)(H,32,35)(H,36,37)/p+1/t23-/m0/s1.